The van der Waals surface area contributed by atoms with Gasteiger partial charge in [0.25, 0.3) is 0 Å². The number of ether oxygens (including phenoxy) is 1. The fourth-order valence-corrected chi connectivity index (χ4v) is 1.79. The SMILES string of the molecule is O=C(O)C(NN1CCOCC1)c1ccccc1. The summed E-state index contributed by atoms with van der Waals surface area (Å²) in [4.78, 5) is 11.3. The van der Waals surface area contributed by atoms with Gasteiger partial charge in [0, 0.05) is 13.1 Å². The molecule has 0 bridgehead atoms. The predicted octanol–water partition coefficient (Wildman–Crippen LogP) is 0.649. The number of aliphatic carboxylic acids is 1. The first-order valence-electron chi connectivity index (χ1n) is 5.64. The van der Waals surface area contributed by atoms with Crippen LogP contribution in [0.4, 0.5) is 0 Å². The number of carboxylic acid groups (broad SMARTS) is 1. The molecule has 2 rings (SSSR count). The van der Waals surface area contributed by atoms with Gasteiger partial charge in [-0.1, -0.05) is 30.3 Å². The van der Waals surface area contributed by atoms with Crippen LogP contribution in [-0.2, 0) is 9.53 Å². The molecule has 1 unspecified atom stereocenters. The van der Waals surface area contributed by atoms with Gasteiger partial charge in [0.1, 0.15) is 6.04 Å². The van der Waals surface area contributed by atoms with Crippen LogP contribution in [-0.4, -0.2) is 42.4 Å². The molecule has 0 aromatic heterocycles. The van der Waals surface area contributed by atoms with Crippen molar-refractivity contribution >= 4 is 5.97 Å². The van der Waals surface area contributed by atoms with Crippen molar-refractivity contribution in [1.29, 1.82) is 0 Å². The summed E-state index contributed by atoms with van der Waals surface area (Å²) in [6, 6.07) is 8.48. The Bertz CT molecular complexity index is 363. The van der Waals surface area contributed by atoms with E-state index in [0.29, 0.717) is 26.3 Å². The Morgan fingerprint density at radius 2 is 1.94 bits per heavy atom. The minimum Gasteiger partial charge on any atom is -0.480 e. The third-order valence-electron chi connectivity index (χ3n) is 2.70. The molecule has 0 amide bonds. The second-order valence-electron chi connectivity index (χ2n) is 3.91. The number of carbonyl (C=O) groups is 1. The van der Waals surface area contributed by atoms with Gasteiger partial charge in [-0.05, 0) is 5.56 Å². The highest BCUT2D eigenvalue weighted by Gasteiger charge is 2.22. The lowest BCUT2D eigenvalue weighted by molar-refractivity contribution is -0.142. The van der Waals surface area contributed by atoms with Crippen LogP contribution in [0.5, 0.6) is 0 Å². The van der Waals surface area contributed by atoms with Crippen LogP contribution in [0.15, 0.2) is 30.3 Å². The predicted molar refractivity (Wildman–Crippen MR) is 62.3 cm³/mol. The van der Waals surface area contributed by atoms with Crippen molar-refractivity contribution in [3.63, 3.8) is 0 Å². The molecule has 0 saturated carbocycles. The lowest BCUT2D eigenvalue weighted by Gasteiger charge is -2.30. The number of rotatable bonds is 4. The number of hydrogen-bond acceptors (Lipinski definition) is 4. The van der Waals surface area contributed by atoms with Gasteiger partial charge in [-0.25, -0.2) is 10.4 Å². The molecule has 0 radical (unpaired) electrons. The van der Waals surface area contributed by atoms with Crippen LogP contribution < -0.4 is 5.43 Å². The van der Waals surface area contributed by atoms with Crippen molar-refractivity contribution in [3.8, 4) is 0 Å². The molecule has 1 atom stereocenters. The van der Waals surface area contributed by atoms with E-state index in [9.17, 15) is 9.90 Å². The van der Waals surface area contributed by atoms with E-state index in [1.807, 2.05) is 35.3 Å². The molecule has 1 heterocycles. The molecule has 1 aliphatic heterocycles. The molecule has 0 spiro atoms. The summed E-state index contributed by atoms with van der Waals surface area (Å²) < 4.78 is 5.22. The number of nitrogens with zero attached hydrogens (tertiary/aromatic N) is 1. The maximum atomic E-state index is 11.3. The number of hydrogen-bond donors (Lipinski definition) is 2. The largest absolute Gasteiger partial charge is 0.480 e. The summed E-state index contributed by atoms with van der Waals surface area (Å²) in [5, 5.41) is 11.1. The maximum Gasteiger partial charge on any atom is 0.326 e. The molecule has 5 nitrogen and oxygen atoms in total. The monoisotopic (exact) mass is 236 g/mol. The van der Waals surface area contributed by atoms with Crippen molar-refractivity contribution in [3.05, 3.63) is 35.9 Å². The van der Waals surface area contributed by atoms with Gasteiger partial charge in [-0.15, -0.1) is 0 Å². The van der Waals surface area contributed by atoms with Crippen LogP contribution in [0.25, 0.3) is 0 Å². The molecule has 17 heavy (non-hydrogen) atoms. The normalized spacial score (nSPS) is 18.8. The van der Waals surface area contributed by atoms with E-state index in [1.54, 1.807) is 0 Å². The highest BCUT2D eigenvalue weighted by molar-refractivity contribution is 5.75. The zero-order valence-electron chi connectivity index (χ0n) is 9.50. The average Bonchev–Trinajstić information content (AvgIpc) is 2.38. The highest BCUT2D eigenvalue weighted by Crippen LogP contribution is 2.13. The fraction of sp³-hybridized carbons (Fsp3) is 0.417. The Morgan fingerprint density at radius 1 is 1.29 bits per heavy atom. The van der Waals surface area contributed by atoms with Crippen molar-refractivity contribution in [2.45, 2.75) is 6.04 Å². The minimum atomic E-state index is -0.873. The second kappa shape index (κ2) is 5.77. The summed E-state index contributed by atoms with van der Waals surface area (Å²) >= 11 is 0. The zero-order valence-corrected chi connectivity index (χ0v) is 9.50. The molecule has 1 aliphatic rings. The molecule has 2 N–H and O–H groups in total. The molecule has 1 aromatic rings. The molecular weight excluding hydrogens is 220 g/mol. The number of carboxylic acids is 1. The quantitative estimate of drug-likeness (QED) is 0.803. The van der Waals surface area contributed by atoms with Gasteiger partial charge in [0.2, 0.25) is 0 Å². The summed E-state index contributed by atoms with van der Waals surface area (Å²) in [6.07, 6.45) is 0. The van der Waals surface area contributed by atoms with Gasteiger partial charge in [0.05, 0.1) is 13.2 Å². The highest BCUT2D eigenvalue weighted by atomic mass is 16.5. The third-order valence-corrected chi connectivity index (χ3v) is 2.70. The van der Waals surface area contributed by atoms with Crippen molar-refractivity contribution in [2.24, 2.45) is 0 Å². The van der Waals surface area contributed by atoms with E-state index >= 15 is 0 Å². The molecule has 0 aliphatic carbocycles. The van der Waals surface area contributed by atoms with Crippen LogP contribution in [0.1, 0.15) is 11.6 Å². The topological polar surface area (TPSA) is 61.8 Å². The van der Waals surface area contributed by atoms with E-state index in [2.05, 4.69) is 5.43 Å². The van der Waals surface area contributed by atoms with Crippen LogP contribution >= 0.6 is 0 Å². The minimum absolute atomic E-state index is 0.633. The molecule has 5 heteroatoms. The molecule has 92 valence electrons. The lowest BCUT2D eigenvalue weighted by Crippen LogP contribution is -2.48. The Hall–Kier alpha value is -1.43. The maximum absolute atomic E-state index is 11.3. The Balaban J connectivity index is 2.05. The Kier molecular flexibility index (Phi) is 4.08. The van der Waals surface area contributed by atoms with Gasteiger partial charge >= 0.3 is 5.97 Å². The lowest BCUT2D eigenvalue weighted by atomic mass is 10.1. The van der Waals surface area contributed by atoms with E-state index < -0.39 is 12.0 Å². The van der Waals surface area contributed by atoms with Crippen molar-refractivity contribution < 1.29 is 14.6 Å². The van der Waals surface area contributed by atoms with Gasteiger partial charge in [-0.3, -0.25) is 4.79 Å². The molecule has 1 fully saturated rings. The molecule has 1 aromatic carbocycles. The van der Waals surface area contributed by atoms with E-state index in [-0.39, 0.29) is 0 Å². The zero-order chi connectivity index (χ0) is 12.1. The molecule has 1 saturated heterocycles. The van der Waals surface area contributed by atoms with Gasteiger partial charge in [-0.2, -0.15) is 0 Å². The summed E-state index contributed by atoms with van der Waals surface area (Å²) in [6.45, 7) is 2.68. The average molecular weight is 236 g/mol. The van der Waals surface area contributed by atoms with Crippen LogP contribution in [0, 0.1) is 0 Å². The second-order valence-corrected chi connectivity index (χ2v) is 3.91. The van der Waals surface area contributed by atoms with Gasteiger partial charge in [0.15, 0.2) is 0 Å². The summed E-state index contributed by atoms with van der Waals surface area (Å²) in [5.74, 6) is -0.873. The number of benzene rings is 1. The number of nitrogens with one attached hydrogen (secondary N) is 1. The third kappa shape index (κ3) is 3.26. The van der Waals surface area contributed by atoms with Crippen LogP contribution in [0.3, 0.4) is 0 Å². The Morgan fingerprint density at radius 3 is 2.53 bits per heavy atom. The van der Waals surface area contributed by atoms with E-state index in [1.165, 1.54) is 0 Å². The van der Waals surface area contributed by atoms with E-state index in [4.69, 9.17) is 4.74 Å². The number of morpholine rings is 1. The smallest absolute Gasteiger partial charge is 0.326 e. The standard InChI is InChI=1S/C12H16N2O3/c15-12(16)11(10-4-2-1-3-5-10)13-14-6-8-17-9-7-14/h1-5,11,13H,6-9H2,(H,15,16). The van der Waals surface area contributed by atoms with Gasteiger partial charge < -0.3 is 9.84 Å². The van der Waals surface area contributed by atoms with E-state index in [0.717, 1.165) is 5.56 Å². The van der Waals surface area contributed by atoms with Crippen LogP contribution in [0.2, 0.25) is 0 Å². The molecular formula is C12H16N2O3. The first kappa shape index (κ1) is 12.0. The number of hydrazine groups is 1. The Labute approximate surface area is 100.0 Å². The van der Waals surface area contributed by atoms with Crippen molar-refractivity contribution in [1.82, 2.24) is 10.4 Å². The summed E-state index contributed by atoms with van der Waals surface area (Å²) in [5.41, 5.74) is 3.78. The first-order valence-corrected chi connectivity index (χ1v) is 5.64. The summed E-state index contributed by atoms with van der Waals surface area (Å²) in [7, 11) is 0. The van der Waals surface area contributed by atoms with Crippen molar-refractivity contribution in [2.75, 3.05) is 26.3 Å². The fourth-order valence-electron chi connectivity index (χ4n) is 1.79. The first-order chi connectivity index (χ1) is 8.27.